The highest BCUT2D eigenvalue weighted by Crippen LogP contribution is 2.29. The summed E-state index contributed by atoms with van der Waals surface area (Å²) in [4.78, 5) is 23.5. The van der Waals surface area contributed by atoms with E-state index in [2.05, 4.69) is 15.3 Å². The summed E-state index contributed by atoms with van der Waals surface area (Å²) in [5, 5.41) is 3.43. The van der Waals surface area contributed by atoms with Crippen molar-refractivity contribution in [3.63, 3.8) is 0 Å². The van der Waals surface area contributed by atoms with Crippen LogP contribution in [0.25, 0.3) is 0 Å². The lowest BCUT2D eigenvalue weighted by atomic mass is 10.1. The second kappa shape index (κ2) is 39.8. The van der Waals surface area contributed by atoms with Gasteiger partial charge in [0, 0.05) is 29.8 Å². The maximum atomic E-state index is 12.7. The third-order valence-electron chi connectivity index (χ3n) is 5.75. The van der Waals surface area contributed by atoms with Crippen molar-refractivity contribution < 1.29 is 9.53 Å². The van der Waals surface area contributed by atoms with E-state index in [4.69, 9.17) is 4.74 Å². The highest BCUT2D eigenvalue weighted by atomic mass is 16.6. The largest absolute Gasteiger partial charge is 0.459 e. The molecule has 1 aliphatic carbocycles. The van der Waals surface area contributed by atoms with Crippen LogP contribution in [0.2, 0.25) is 0 Å². The SMILES string of the molecule is CC.CC.CC.CC.CC.CC.CC.CC.CN=C1C=CC(=Nc2ccc(Nc3ccc(N(CC(=O)OC(C)(C)C)c4ccc(C)cc4)cc3)cc2)C=C1. The number of benzene rings is 3. The molecule has 0 saturated carbocycles. The molecule has 0 unspecified atom stereocenters. The zero-order valence-electron chi connectivity index (χ0n) is 38.6. The summed E-state index contributed by atoms with van der Waals surface area (Å²) in [7, 11) is 1.77. The highest BCUT2D eigenvalue weighted by Gasteiger charge is 2.20. The maximum Gasteiger partial charge on any atom is 0.326 e. The minimum Gasteiger partial charge on any atom is -0.459 e. The van der Waals surface area contributed by atoms with Crippen LogP contribution in [0.1, 0.15) is 137 Å². The van der Waals surface area contributed by atoms with Gasteiger partial charge >= 0.3 is 5.97 Å². The molecular weight excluding hydrogens is 665 g/mol. The Morgan fingerprint density at radius 3 is 1.30 bits per heavy atom. The lowest BCUT2D eigenvalue weighted by Crippen LogP contribution is -2.32. The van der Waals surface area contributed by atoms with Gasteiger partial charge < -0.3 is 15.0 Å². The standard InChI is InChI=1S/C32H34N4O2.8C2H6/c1-23-6-18-29(19-7-23)36(22-31(37)38-32(2,3)4)30-20-16-28(17-21-30)35-27-14-12-26(13-15-27)34-25-10-8-24(33-5)9-11-25;8*1-2/h6-21,35H,22H2,1-5H3;8*1-2H3. The monoisotopic (exact) mass is 747 g/mol. The number of hydrogen-bond donors (Lipinski definition) is 1. The van der Waals surface area contributed by atoms with E-state index in [9.17, 15) is 4.79 Å². The molecule has 0 saturated heterocycles. The minimum atomic E-state index is -0.539. The smallest absolute Gasteiger partial charge is 0.326 e. The van der Waals surface area contributed by atoms with Gasteiger partial charge in [0.1, 0.15) is 12.1 Å². The van der Waals surface area contributed by atoms with Crippen molar-refractivity contribution in [3.05, 3.63) is 103 Å². The molecule has 0 heterocycles. The summed E-state index contributed by atoms with van der Waals surface area (Å²) < 4.78 is 5.59. The van der Waals surface area contributed by atoms with Crippen LogP contribution in [0.5, 0.6) is 0 Å². The van der Waals surface area contributed by atoms with Gasteiger partial charge in [0.25, 0.3) is 0 Å². The lowest BCUT2D eigenvalue weighted by Gasteiger charge is -2.27. The molecule has 0 spiro atoms. The number of anilines is 4. The Morgan fingerprint density at radius 1 is 0.574 bits per heavy atom. The summed E-state index contributed by atoms with van der Waals surface area (Å²) in [5.41, 5.74) is 7.06. The molecule has 54 heavy (non-hydrogen) atoms. The number of rotatable bonds is 7. The lowest BCUT2D eigenvalue weighted by molar-refractivity contribution is -0.152. The van der Waals surface area contributed by atoms with E-state index in [1.807, 2.05) is 240 Å². The molecule has 1 aliphatic rings. The van der Waals surface area contributed by atoms with Gasteiger partial charge in [-0.2, -0.15) is 0 Å². The molecule has 3 aromatic carbocycles. The van der Waals surface area contributed by atoms with Gasteiger partial charge in [-0.05, 0) is 113 Å². The van der Waals surface area contributed by atoms with Crippen LogP contribution in [-0.2, 0) is 9.53 Å². The average Bonchev–Trinajstić information content (AvgIpc) is 3.24. The molecule has 6 heteroatoms. The van der Waals surface area contributed by atoms with Gasteiger partial charge in [-0.3, -0.25) is 9.79 Å². The summed E-state index contributed by atoms with van der Waals surface area (Å²) in [5.74, 6) is -0.276. The van der Waals surface area contributed by atoms with Gasteiger partial charge in [-0.1, -0.05) is 128 Å². The van der Waals surface area contributed by atoms with E-state index in [1.165, 1.54) is 0 Å². The van der Waals surface area contributed by atoms with Crippen molar-refractivity contribution in [2.45, 2.75) is 144 Å². The van der Waals surface area contributed by atoms with E-state index in [0.29, 0.717) is 0 Å². The second-order valence-electron chi connectivity index (χ2n) is 10.1. The summed E-state index contributed by atoms with van der Waals surface area (Å²) in [6.45, 7) is 39.8. The van der Waals surface area contributed by atoms with E-state index in [1.54, 1.807) is 7.05 Å². The van der Waals surface area contributed by atoms with Crippen LogP contribution < -0.4 is 10.2 Å². The van der Waals surface area contributed by atoms with Crippen LogP contribution in [0.15, 0.2) is 107 Å². The number of allylic oxidation sites excluding steroid dienone is 4. The van der Waals surface area contributed by atoms with Crippen molar-refractivity contribution in [2.24, 2.45) is 9.98 Å². The summed E-state index contributed by atoms with van der Waals surface area (Å²) in [6.07, 6.45) is 7.81. The number of nitrogens with zero attached hydrogens (tertiary/aromatic N) is 3. The number of nitrogens with one attached hydrogen (secondary N) is 1. The predicted molar refractivity (Wildman–Crippen MR) is 250 cm³/mol. The van der Waals surface area contributed by atoms with Gasteiger partial charge in [0.05, 0.1) is 17.1 Å². The van der Waals surface area contributed by atoms with Gasteiger partial charge in [0.15, 0.2) is 0 Å². The fourth-order valence-electron chi connectivity index (χ4n) is 3.90. The Balaban J connectivity index is -0.000000444. The van der Waals surface area contributed by atoms with E-state index < -0.39 is 5.60 Å². The van der Waals surface area contributed by atoms with E-state index in [-0.39, 0.29) is 12.5 Å². The average molecular weight is 747 g/mol. The van der Waals surface area contributed by atoms with Crippen LogP contribution in [0, 0.1) is 6.92 Å². The summed E-state index contributed by atoms with van der Waals surface area (Å²) in [6, 6.07) is 24.1. The van der Waals surface area contributed by atoms with Crippen LogP contribution in [0.4, 0.5) is 28.4 Å². The maximum absolute atomic E-state index is 12.7. The normalized spacial score (nSPS) is 9.87. The second-order valence-corrected chi connectivity index (χ2v) is 10.1. The first-order valence-electron chi connectivity index (χ1n) is 20.6. The molecule has 0 atom stereocenters. The molecule has 0 aromatic heterocycles. The van der Waals surface area contributed by atoms with Crippen molar-refractivity contribution >= 4 is 45.8 Å². The Kier molecular flexibility index (Phi) is 43.3. The fraction of sp³-hybridized carbons (Fsp3) is 0.479. The summed E-state index contributed by atoms with van der Waals surface area (Å²) >= 11 is 0. The minimum absolute atomic E-state index is 0.119. The van der Waals surface area contributed by atoms with Crippen molar-refractivity contribution in [1.29, 1.82) is 0 Å². The molecule has 4 rings (SSSR count). The van der Waals surface area contributed by atoms with Crippen molar-refractivity contribution in [2.75, 3.05) is 23.8 Å². The quantitative estimate of drug-likeness (QED) is 0.193. The predicted octanol–water partition coefficient (Wildman–Crippen LogP) is 15.7. The fourth-order valence-corrected chi connectivity index (χ4v) is 3.90. The van der Waals surface area contributed by atoms with Crippen molar-refractivity contribution in [3.8, 4) is 0 Å². The molecule has 6 nitrogen and oxygen atoms in total. The molecule has 0 amide bonds. The number of hydrogen-bond acceptors (Lipinski definition) is 6. The van der Waals surface area contributed by atoms with Crippen molar-refractivity contribution in [1.82, 2.24) is 0 Å². The Hall–Kier alpha value is -4.45. The Bertz CT molecular complexity index is 1360. The topological polar surface area (TPSA) is 66.3 Å². The van der Waals surface area contributed by atoms with Crippen LogP contribution >= 0.6 is 0 Å². The third-order valence-corrected chi connectivity index (χ3v) is 5.75. The third kappa shape index (κ3) is 26.3. The van der Waals surface area contributed by atoms with Gasteiger partial charge in [-0.25, -0.2) is 4.99 Å². The zero-order valence-corrected chi connectivity index (χ0v) is 38.6. The number of esters is 1. The van der Waals surface area contributed by atoms with Gasteiger partial charge in [0.2, 0.25) is 0 Å². The number of ether oxygens (including phenoxy) is 1. The first kappa shape index (κ1) is 58.8. The molecular formula is C48H82N4O2. The Morgan fingerprint density at radius 2 is 0.926 bits per heavy atom. The van der Waals surface area contributed by atoms with E-state index >= 15 is 0 Å². The molecule has 306 valence electrons. The number of carbonyl (C=O) groups excluding carboxylic acids is 1. The molecule has 1 N–H and O–H groups in total. The first-order valence-corrected chi connectivity index (χ1v) is 20.6. The van der Waals surface area contributed by atoms with Crippen LogP contribution in [0.3, 0.4) is 0 Å². The highest BCUT2D eigenvalue weighted by molar-refractivity contribution is 6.18. The molecule has 0 bridgehead atoms. The van der Waals surface area contributed by atoms with E-state index in [0.717, 1.165) is 45.4 Å². The molecule has 0 aliphatic heterocycles. The molecule has 0 fully saturated rings. The number of aliphatic imine (C=N–C) groups is 2. The Labute approximate surface area is 335 Å². The van der Waals surface area contributed by atoms with Gasteiger partial charge in [-0.15, -0.1) is 0 Å². The van der Waals surface area contributed by atoms with Crippen LogP contribution in [-0.4, -0.2) is 36.6 Å². The molecule has 0 radical (unpaired) electrons. The number of aryl methyl sites for hydroxylation is 1. The molecule has 3 aromatic rings. The first-order chi connectivity index (χ1) is 26.2. The number of carbonyl (C=O) groups is 1. The zero-order chi connectivity index (χ0) is 43.1.